The Morgan fingerprint density at radius 1 is 1.38 bits per heavy atom. The van der Waals surface area contributed by atoms with Crippen molar-refractivity contribution in [1.29, 1.82) is 0 Å². The van der Waals surface area contributed by atoms with E-state index in [4.69, 9.17) is 4.74 Å². The highest BCUT2D eigenvalue weighted by Crippen LogP contribution is 2.25. The first-order chi connectivity index (χ1) is 10.2. The molecule has 21 heavy (non-hydrogen) atoms. The van der Waals surface area contributed by atoms with E-state index in [1.165, 1.54) is 0 Å². The van der Waals surface area contributed by atoms with Crippen molar-refractivity contribution in [3.05, 3.63) is 36.4 Å². The quantitative estimate of drug-likeness (QED) is 0.683. The van der Waals surface area contributed by atoms with Gasteiger partial charge in [-0.05, 0) is 19.9 Å². The van der Waals surface area contributed by atoms with E-state index in [0.29, 0.717) is 23.5 Å². The van der Waals surface area contributed by atoms with Gasteiger partial charge in [0.2, 0.25) is 0 Å². The van der Waals surface area contributed by atoms with Crippen LogP contribution in [0.15, 0.2) is 30.9 Å². The lowest BCUT2D eigenvalue weighted by atomic mass is 10.1. The van der Waals surface area contributed by atoms with Crippen LogP contribution in [0.2, 0.25) is 0 Å². The largest absolute Gasteiger partial charge is 0.462 e. The van der Waals surface area contributed by atoms with Gasteiger partial charge >= 0.3 is 5.97 Å². The minimum atomic E-state index is -0.426. The maximum absolute atomic E-state index is 12.2. The molecule has 0 aromatic carbocycles. The molecule has 0 aliphatic carbocycles. The van der Waals surface area contributed by atoms with E-state index in [-0.39, 0.29) is 0 Å². The van der Waals surface area contributed by atoms with E-state index in [1.54, 1.807) is 40.8 Å². The average molecular weight is 285 g/mol. The molecule has 0 unspecified atom stereocenters. The van der Waals surface area contributed by atoms with Crippen molar-refractivity contribution in [2.24, 2.45) is 0 Å². The molecule has 0 saturated heterocycles. The molecule has 7 nitrogen and oxygen atoms in total. The molecule has 0 saturated carbocycles. The lowest BCUT2D eigenvalue weighted by Gasteiger charge is -2.01. The Balaban J connectivity index is 2.20. The van der Waals surface area contributed by atoms with Crippen molar-refractivity contribution in [2.75, 3.05) is 6.61 Å². The Hall–Kier alpha value is -2.70. The van der Waals surface area contributed by atoms with Gasteiger partial charge in [-0.1, -0.05) is 0 Å². The Morgan fingerprint density at radius 2 is 2.24 bits per heavy atom. The van der Waals surface area contributed by atoms with Gasteiger partial charge in [0.25, 0.3) is 0 Å². The van der Waals surface area contributed by atoms with Gasteiger partial charge in [0.05, 0.1) is 12.8 Å². The number of carbonyl (C=O) groups excluding carboxylic acids is 1. The van der Waals surface area contributed by atoms with Crippen LogP contribution in [0.25, 0.3) is 16.9 Å². The summed E-state index contributed by atoms with van der Waals surface area (Å²) in [6.45, 7) is 4.82. The molecule has 0 N–H and O–H groups in total. The molecule has 108 valence electrons. The molecule has 0 atom stereocenters. The zero-order chi connectivity index (χ0) is 14.8. The molecule has 0 aliphatic heterocycles. The molecule has 0 spiro atoms. The Kier molecular flexibility index (Phi) is 3.39. The minimum Gasteiger partial charge on any atom is -0.462 e. The van der Waals surface area contributed by atoms with Crippen LogP contribution in [-0.4, -0.2) is 37.0 Å². The van der Waals surface area contributed by atoms with Gasteiger partial charge < -0.3 is 4.74 Å². The van der Waals surface area contributed by atoms with Crippen molar-refractivity contribution < 1.29 is 9.53 Å². The second-order valence-corrected chi connectivity index (χ2v) is 4.42. The Bertz CT molecular complexity index is 790. The van der Waals surface area contributed by atoms with Gasteiger partial charge in [0.15, 0.2) is 5.65 Å². The standard InChI is InChI=1S/C14H15N5O2/c1-3-18-9-10(8-16-18)12-11(14(20)21-4-2)13-15-6-5-7-19(13)17-12/h5-9H,3-4H2,1-2H3. The first kappa shape index (κ1) is 13.3. The van der Waals surface area contributed by atoms with Gasteiger partial charge in [-0.2, -0.15) is 10.2 Å². The van der Waals surface area contributed by atoms with Crippen LogP contribution in [0.3, 0.4) is 0 Å². The number of esters is 1. The van der Waals surface area contributed by atoms with E-state index in [1.807, 2.05) is 13.1 Å². The SMILES string of the molecule is CCOC(=O)c1c(-c2cnn(CC)c2)nn2cccnc12. The van der Waals surface area contributed by atoms with Crippen LogP contribution in [0.1, 0.15) is 24.2 Å². The maximum Gasteiger partial charge on any atom is 0.344 e. The molecule has 0 amide bonds. The maximum atomic E-state index is 12.2. The van der Waals surface area contributed by atoms with Crippen LogP contribution in [0.5, 0.6) is 0 Å². The van der Waals surface area contributed by atoms with Crippen molar-refractivity contribution in [3.63, 3.8) is 0 Å². The first-order valence-electron chi connectivity index (χ1n) is 6.77. The molecule has 7 heteroatoms. The fourth-order valence-corrected chi connectivity index (χ4v) is 2.14. The van der Waals surface area contributed by atoms with Gasteiger partial charge in [0, 0.05) is 30.7 Å². The summed E-state index contributed by atoms with van der Waals surface area (Å²) in [6, 6.07) is 1.76. The van der Waals surface area contributed by atoms with E-state index in [0.717, 1.165) is 12.1 Å². The van der Waals surface area contributed by atoms with Crippen LogP contribution >= 0.6 is 0 Å². The number of ether oxygens (including phenoxy) is 1. The van der Waals surface area contributed by atoms with Crippen molar-refractivity contribution >= 4 is 11.6 Å². The molecule has 0 radical (unpaired) electrons. The zero-order valence-electron chi connectivity index (χ0n) is 11.9. The summed E-state index contributed by atoms with van der Waals surface area (Å²) < 4.78 is 8.48. The molecule has 3 aromatic heterocycles. The van der Waals surface area contributed by atoms with E-state index in [2.05, 4.69) is 15.2 Å². The van der Waals surface area contributed by atoms with Crippen molar-refractivity contribution in [1.82, 2.24) is 24.4 Å². The van der Waals surface area contributed by atoms with E-state index in [9.17, 15) is 4.79 Å². The third-order valence-corrected chi connectivity index (χ3v) is 3.11. The molecule has 3 aromatic rings. The summed E-state index contributed by atoms with van der Waals surface area (Å²) in [6.07, 6.45) is 6.91. The Morgan fingerprint density at radius 3 is 2.95 bits per heavy atom. The van der Waals surface area contributed by atoms with Crippen LogP contribution < -0.4 is 0 Å². The third-order valence-electron chi connectivity index (χ3n) is 3.11. The Labute approximate surface area is 121 Å². The van der Waals surface area contributed by atoms with E-state index < -0.39 is 5.97 Å². The molecular weight excluding hydrogens is 270 g/mol. The summed E-state index contributed by atoms with van der Waals surface area (Å²) in [5.74, 6) is -0.426. The number of hydrogen-bond donors (Lipinski definition) is 0. The lowest BCUT2D eigenvalue weighted by Crippen LogP contribution is -2.06. The number of rotatable bonds is 4. The predicted octanol–water partition coefficient (Wildman–Crippen LogP) is 1.79. The summed E-state index contributed by atoms with van der Waals surface area (Å²) in [5, 5.41) is 8.66. The first-order valence-corrected chi connectivity index (χ1v) is 6.77. The summed E-state index contributed by atoms with van der Waals surface area (Å²) in [4.78, 5) is 16.5. The summed E-state index contributed by atoms with van der Waals surface area (Å²) >= 11 is 0. The van der Waals surface area contributed by atoms with Gasteiger partial charge in [-0.3, -0.25) is 4.68 Å². The second-order valence-electron chi connectivity index (χ2n) is 4.42. The molecule has 3 heterocycles. The van der Waals surface area contributed by atoms with Crippen molar-refractivity contribution in [3.8, 4) is 11.3 Å². The summed E-state index contributed by atoms with van der Waals surface area (Å²) in [5.41, 5.74) is 2.15. The number of hydrogen-bond acceptors (Lipinski definition) is 5. The zero-order valence-corrected chi connectivity index (χ0v) is 11.9. The monoisotopic (exact) mass is 285 g/mol. The number of carbonyl (C=O) groups is 1. The van der Waals surface area contributed by atoms with Crippen LogP contribution in [-0.2, 0) is 11.3 Å². The third kappa shape index (κ3) is 2.26. The topological polar surface area (TPSA) is 74.3 Å². The van der Waals surface area contributed by atoms with E-state index >= 15 is 0 Å². The highest BCUT2D eigenvalue weighted by molar-refractivity contribution is 6.02. The van der Waals surface area contributed by atoms with Crippen LogP contribution in [0.4, 0.5) is 0 Å². The highest BCUT2D eigenvalue weighted by Gasteiger charge is 2.23. The molecule has 0 bridgehead atoms. The predicted molar refractivity (Wildman–Crippen MR) is 75.8 cm³/mol. The smallest absolute Gasteiger partial charge is 0.344 e. The van der Waals surface area contributed by atoms with Crippen molar-refractivity contribution in [2.45, 2.75) is 20.4 Å². The summed E-state index contributed by atoms with van der Waals surface area (Å²) in [7, 11) is 0. The minimum absolute atomic E-state index is 0.302. The van der Waals surface area contributed by atoms with Gasteiger partial charge in [0.1, 0.15) is 11.3 Å². The van der Waals surface area contributed by atoms with Gasteiger partial charge in [-0.15, -0.1) is 0 Å². The molecule has 0 aliphatic rings. The highest BCUT2D eigenvalue weighted by atomic mass is 16.5. The normalized spacial score (nSPS) is 11.0. The number of fused-ring (bicyclic) bond motifs is 1. The average Bonchev–Trinajstić information content (AvgIpc) is 3.11. The molecular formula is C14H15N5O2. The molecule has 3 rings (SSSR count). The van der Waals surface area contributed by atoms with Gasteiger partial charge in [-0.25, -0.2) is 14.3 Å². The fourth-order valence-electron chi connectivity index (χ4n) is 2.14. The van der Waals surface area contributed by atoms with Crippen LogP contribution in [0, 0.1) is 0 Å². The second kappa shape index (κ2) is 5.35. The lowest BCUT2D eigenvalue weighted by molar-refractivity contribution is 0.0529. The number of aromatic nitrogens is 5. The molecule has 0 fully saturated rings. The number of aryl methyl sites for hydroxylation is 1. The fraction of sp³-hybridized carbons (Fsp3) is 0.286. The number of nitrogens with zero attached hydrogens (tertiary/aromatic N) is 5.